The van der Waals surface area contributed by atoms with E-state index in [9.17, 15) is 5.11 Å². The number of hydrogen-bond donors (Lipinski definition) is 1. The molecule has 3 heteroatoms. The fourth-order valence-corrected chi connectivity index (χ4v) is 2.11. The summed E-state index contributed by atoms with van der Waals surface area (Å²) in [4.78, 5) is 1.07. The summed E-state index contributed by atoms with van der Waals surface area (Å²) in [6.07, 6.45) is 5.31. The highest BCUT2D eigenvalue weighted by Crippen LogP contribution is 2.14. The Morgan fingerprint density at radius 1 is 1.50 bits per heavy atom. The largest absolute Gasteiger partial charge is 0.391 e. The van der Waals surface area contributed by atoms with Gasteiger partial charge in [0.2, 0.25) is 0 Å². The fourth-order valence-electron chi connectivity index (χ4n) is 1.53. The molecule has 84 valence electrons. The van der Waals surface area contributed by atoms with Crippen LogP contribution in [0.5, 0.6) is 0 Å². The van der Waals surface area contributed by atoms with Gasteiger partial charge in [0.15, 0.2) is 0 Å². The Labute approximate surface area is 99.6 Å². The van der Waals surface area contributed by atoms with E-state index in [0.29, 0.717) is 6.61 Å². The molecule has 1 aromatic heterocycles. The first-order valence-electron chi connectivity index (χ1n) is 5.36. The molecular weight excluding hydrogens is 220 g/mol. The van der Waals surface area contributed by atoms with Crippen molar-refractivity contribution in [2.24, 2.45) is 0 Å². The van der Waals surface area contributed by atoms with Gasteiger partial charge in [-0.25, -0.2) is 0 Å². The van der Waals surface area contributed by atoms with Gasteiger partial charge in [0, 0.05) is 0 Å². The molecule has 1 saturated heterocycles. The van der Waals surface area contributed by atoms with Crippen LogP contribution in [0.4, 0.5) is 0 Å². The average Bonchev–Trinajstić information content (AvgIpc) is 2.80. The lowest BCUT2D eigenvalue weighted by atomic mass is 10.1. The Balaban J connectivity index is 1.81. The number of aliphatic hydroxyl groups excluding tert-OH is 1. The van der Waals surface area contributed by atoms with Gasteiger partial charge in [-0.2, -0.15) is 0 Å². The molecular formula is C13H14O2S. The Morgan fingerprint density at radius 2 is 2.44 bits per heavy atom. The molecule has 0 saturated carbocycles. The summed E-state index contributed by atoms with van der Waals surface area (Å²) in [5.41, 5.74) is 0. The number of hydrogen-bond acceptors (Lipinski definition) is 3. The van der Waals surface area contributed by atoms with Crippen LogP contribution in [0.2, 0.25) is 0 Å². The predicted molar refractivity (Wildman–Crippen MR) is 65.3 cm³/mol. The van der Waals surface area contributed by atoms with Crippen LogP contribution < -0.4 is 0 Å². The van der Waals surface area contributed by atoms with Gasteiger partial charge in [0.05, 0.1) is 23.7 Å². The SMILES string of the molecule is O[C@H]1CC[C@H](C=CC#Cc2cccs2)OC1. The molecule has 1 aromatic rings. The van der Waals surface area contributed by atoms with Crippen molar-refractivity contribution in [1.29, 1.82) is 0 Å². The quantitative estimate of drug-likeness (QED) is 0.755. The smallest absolute Gasteiger partial charge is 0.0775 e. The number of rotatable bonds is 1. The molecule has 16 heavy (non-hydrogen) atoms. The van der Waals surface area contributed by atoms with Gasteiger partial charge >= 0.3 is 0 Å². The molecule has 0 unspecified atom stereocenters. The van der Waals surface area contributed by atoms with E-state index in [1.165, 1.54) is 0 Å². The first-order valence-corrected chi connectivity index (χ1v) is 6.24. The highest BCUT2D eigenvalue weighted by atomic mass is 32.1. The van der Waals surface area contributed by atoms with Crippen LogP contribution in [0, 0.1) is 11.8 Å². The zero-order valence-electron chi connectivity index (χ0n) is 8.93. The van der Waals surface area contributed by atoms with Gasteiger partial charge < -0.3 is 9.84 Å². The predicted octanol–water partition coefficient (Wildman–Crippen LogP) is 2.20. The minimum atomic E-state index is -0.290. The molecule has 2 heterocycles. The van der Waals surface area contributed by atoms with Crippen molar-refractivity contribution in [3.8, 4) is 11.8 Å². The Morgan fingerprint density at radius 3 is 3.12 bits per heavy atom. The third kappa shape index (κ3) is 3.49. The zero-order valence-corrected chi connectivity index (χ0v) is 9.74. The highest BCUT2D eigenvalue weighted by Gasteiger charge is 2.16. The van der Waals surface area contributed by atoms with Gasteiger partial charge in [-0.1, -0.05) is 17.9 Å². The van der Waals surface area contributed by atoms with Gasteiger partial charge in [0.25, 0.3) is 0 Å². The van der Waals surface area contributed by atoms with Crippen molar-refractivity contribution in [1.82, 2.24) is 0 Å². The van der Waals surface area contributed by atoms with Gasteiger partial charge in [-0.3, -0.25) is 0 Å². The van der Waals surface area contributed by atoms with Crippen LogP contribution in [-0.4, -0.2) is 23.9 Å². The minimum Gasteiger partial charge on any atom is -0.391 e. The maximum Gasteiger partial charge on any atom is 0.0775 e. The van der Waals surface area contributed by atoms with Crippen molar-refractivity contribution >= 4 is 11.3 Å². The van der Waals surface area contributed by atoms with Gasteiger partial charge in [0.1, 0.15) is 0 Å². The summed E-state index contributed by atoms with van der Waals surface area (Å²) >= 11 is 1.64. The molecule has 0 bridgehead atoms. The van der Waals surface area contributed by atoms with Gasteiger partial charge in [-0.05, 0) is 36.4 Å². The molecule has 2 rings (SSSR count). The van der Waals surface area contributed by atoms with E-state index >= 15 is 0 Å². The lowest BCUT2D eigenvalue weighted by molar-refractivity contribution is -0.0358. The lowest BCUT2D eigenvalue weighted by Gasteiger charge is -2.23. The van der Waals surface area contributed by atoms with Crippen LogP contribution in [-0.2, 0) is 4.74 Å². The summed E-state index contributed by atoms with van der Waals surface area (Å²) in [6, 6.07) is 3.99. The standard InChI is InChI=1S/C13H14O2S/c14-11-7-8-12(15-10-11)4-1-2-5-13-6-3-9-16-13/h1,3-4,6,9,11-12,14H,7-8,10H2/t11-,12-/m0/s1. The van der Waals surface area contributed by atoms with E-state index in [1.807, 2.05) is 29.7 Å². The monoisotopic (exact) mass is 234 g/mol. The first-order chi connectivity index (χ1) is 7.84. The van der Waals surface area contributed by atoms with Crippen molar-refractivity contribution in [2.45, 2.75) is 25.0 Å². The maximum absolute atomic E-state index is 9.25. The molecule has 0 aliphatic carbocycles. The van der Waals surface area contributed by atoms with E-state index < -0.39 is 0 Å². The minimum absolute atomic E-state index is 0.112. The number of thiophene rings is 1. The summed E-state index contributed by atoms with van der Waals surface area (Å²) in [5.74, 6) is 6.03. The summed E-state index contributed by atoms with van der Waals surface area (Å²) in [7, 11) is 0. The molecule has 2 atom stereocenters. The molecule has 1 fully saturated rings. The highest BCUT2D eigenvalue weighted by molar-refractivity contribution is 7.10. The average molecular weight is 234 g/mol. The fraction of sp³-hybridized carbons (Fsp3) is 0.385. The summed E-state index contributed by atoms with van der Waals surface area (Å²) in [5, 5.41) is 11.3. The van der Waals surface area contributed by atoms with E-state index in [0.717, 1.165) is 17.7 Å². The Kier molecular flexibility index (Phi) is 4.17. The van der Waals surface area contributed by atoms with E-state index in [-0.39, 0.29) is 12.2 Å². The molecule has 1 aliphatic rings. The van der Waals surface area contributed by atoms with Crippen molar-refractivity contribution in [3.05, 3.63) is 34.5 Å². The van der Waals surface area contributed by atoms with Crippen LogP contribution in [0.15, 0.2) is 29.7 Å². The lowest BCUT2D eigenvalue weighted by Crippen LogP contribution is -2.27. The number of allylic oxidation sites excluding steroid dienone is 1. The summed E-state index contributed by atoms with van der Waals surface area (Å²) < 4.78 is 5.43. The third-order valence-corrected chi connectivity index (χ3v) is 3.18. The van der Waals surface area contributed by atoms with Crippen LogP contribution in [0.3, 0.4) is 0 Å². The summed E-state index contributed by atoms with van der Waals surface area (Å²) in [6.45, 7) is 0.438. The second kappa shape index (κ2) is 5.86. The number of ether oxygens (including phenoxy) is 1. The molecule has 1 N–H and O–H groups in total. The zero-order chi connectivity index (χ0) is 11.2. The van der Waals surface area contributed by atoms with Crippen LogP contribution >= 0.6 is 11.3 Å². The Hall–Kier alpha value is -1.08. The Bertz CT molecular complexity index is 389. The molecule has 0 aromatic carbocycles. The first kappa shape index (κ1) is 11.4. The topological polar surface area (TPSA) is 29.5 Å². The van der Waals surface area contributed by atoms with E-state index in [1.54, 1.807) is 11.3 Å². The molecule has 0 radical (unpaired) electrons. The van der Waals surface area contributed by atoms with Crippen molar-refractivity contribution in [2.75, 3.05) is 6.61 Å². The molecule has 0 amide bonds. The van der Waals surface area contributed by atoms with E-state index in [2.05, 4.69) is 11.8 Å². The molecule has 1 aliphatic heterocycles. The second-order valence-corrected chi connectivity index (χ2v) is 4.66. The molecule has 0 spiro atoms. The van der Waals surface area contributed by atoms with E-state index in [4.69, 9.17) is 4.74 Å². The normalized spacial score (nSPS) is 25.3. The van der Waals surface area contributed by atoms with Crippen LogP contribution in [0.25, 0.3) is 0 Å². The molecule has 2 nitrogen and oxygen atoms in total. The van der Waals surface area contributed by atoms with Gasteiger partial charge in [-0.15, -0.1) is 11.3 Å². The van der Waals surface area contributed by atoms with Crippen molar-refractivity contribution < 1.29 is 9.84 Å². The van der Waals surface area contributed by atoms with Crippen LogP contribution in [0.1, 0.15) is 17.7 Å². The third-order valence-electron chi connectivity index (χ3n) is 2.40. The number of aliphatic hydroxyl groups is 1. The maximum atomic E-state index is 9.25. The second-order valence-electron chi connectivity index (χ2n) is 3.71. The van der Waals surface area contributed by atoms with Crippen molar-refractivity contribution in [3.63, 3.8) is 0 Å².